The molecule has 1 atom stereocenters. The zero-order valence-corrected chi connectivity index (χ0v) is 13.8. The van der Waals surface area contributed by atoms with Gasteiger partial charge in [-0.25, -0.2) is 0 Å². The molecule has 1 aliphatic heterocycles. The monoisotopic (exact) mass is 306 g/mol. The van der Waals surface area contributed by atoms with Gasteiger partial charge in [0.25, 0.3) is 0 Å². The van der Waals surface area contributed by atoms with E-state index in [0.29, 0.717) is 19.4 Å². The average molecular weight is 306 g/mol. The Morgan fingerprint density at radius 1 is 1.36 bits per heavy atom. The number of amides is 1. The highest BCUT2D eigenvalue weighted by molar-refractivity contribution is 5.96. The van der Waals surface area contributed by atoms with Crippen molar-refractivity contribution in [1.29, 1.82) is 0 Å². The number of rotatable bonds is 6. The van der Waals surface area contributed by atoms with Crippen LogP contribution in [-0.4, -0.2) is 29.5 Å². The van der Waals surface area contributed by atoms with Crippen LogP contribution in [0.1, 0.15) is 46.1 Å². The minimum absolute atomic E-state index is 0.161. The molecular weight excluding hydrogens is 280 g/mol. The standard InChI is InChI=1S/C17H26N2O3/c1-5-15(18-17(3,4)21)22-14-9-7-8-13-12(14)10-11-16(20)19(13)6-2/h7-9,15,18,21H,5-6,10-11H2,1-4H3. The topological polar surface area (TPSA) is 61.8 Å². The highest BCUT2D eigenvalue weighted by Gasteiger charge is 2.26. The molecule has 5 nitrogen and oxygen atoms in total. The van der Waals surface area contributed by atoms with E-state index in [1.165, 1.54) is 0 Å². The number of ether oxygens (including phenoxy) is 1. The highest BCUT2D eigenvalue weighted by Crippen LogP contribution is 2.35. The fourth-order valence-electron chi connectivity index (χ4n) is 2.78. The van der Waals surface area contributed by atoms with Crippen molar-refractivity contribution in [2.75, 3.05) is 11.4 Å². The number of fused-ring (bicyclic) bond motifs is 1. The number of nitrogens with one attached hydrogen (secondary N) is 1. The van der Waals surface area contributed by atoms with Crippen molar-refractivity contribution < 1.29 is 14.6 Å². The first kappa shape index (κ1) is 16.8. The van der Waals surface area contributed by atoms with E-state index < -0.39 is 5.72 Å². The van der Waals surface area contributed by atoms with Crippen LogP contribution in [0.15, 0.2) is 18.2 Å². The normalized spacial score (nSPS) is 16.4. The van der Waals surface area contributed by atoms with E-state index >= 15 is 0 Å². The number of nitrogens with zero attached hydrogens (tertiary/aromatic N) is 1. The van der Waals surface area contributed by atoms with Gasteiger partial charge >= 0.3 is 0 Å². The van der Waals surface area contributed by atoms with Gasteiger partial charge in [-0.15, -0.1) is 0 Å². The van der Waals surface area contributed by atoms with Gasteiger partial charge in [0.15, 0.2) is 6.23 Å². The number of hydrogen-bond donors (Lipinski definition) is 2. The molecule has 0 radical (unpaired) electrons. The smallest absolute Gasteiger partial charge is 0.227 e. The molecule has 1 aliphatic rings. The quantitative estimate of drug-likeness (QED) is 0.792. The molecule has 0 aliphatic carbocycles. The van der Waals surface area contributed by atoms with E-state index in [-0.39, 0.29) is 12.1 Å². The molecule has 0 aromatic heterocycles. The maximum atomic E-state index is 12.0. The van der Waals surface area contributed by atoms with Crippen molar-refractivity contribution in [3.63, 3.8) is 0 Å². The lowest BCUT2D eigenvalue weighted by Gasteiger charge is -2.32. The van der Waals surface area contributed by atoms with Gasteiger partial charge in [-0.1, -0.05) is 13.0 Å². The third kappa shape index (κ3) is 3.78. The molecule has 2 rings (SSSR count). The van der Waals surface area contributed by atoms with Crippen LogP contribution >= 0.6 is 0 Å². The SMILES string of the molecule is CCC(NC(C)(C)O)Oc1cccc2c1CCC(=O)N2CC. The van der Waals surface area contributed by atoms with Crippen LogP contribution in [0.25, 0.3) is 0 Å². The number of carbonyl (C=O) groups is 1. The Labute approximate surface area is 132 Å². The molecule has 0 bridgehead atoms. The fraction of sp³-hybridized carbons (Fsp3) is 0.588. The van der Waals surface area contributed by atoms with E-state index in [1.807, 2.05) is 32.0 Å². The number of anilines is 1. The number of carbonyl (C=O) groups excluding carboxylic acids is 1. The molecule has 0 fully saturated rings. The van der Waals surface area contributed by atoms with E-state index in [0.717, 1.165) is 23.4 Å². The van der Waals surface area contributed by atoms with Crippen LogP contribution in [0.3, 0.4) is 0 Å². The van der Waals surface area contributed by atoms with Gasteiger partial charge in [0, 0.05) is 18.5 Å². The fourth-order valence-corrected chi connectivity index (χ4v) is 2.78. The minimum Gasteiger partial charge on any atom is -0.475 e. The lowest BCUT2D eigenvalue weighted by atomic mass is 10.00. The molecule has 122 valence electrons. The Bertz CT molecular complexity index is 537. The van der Waals surface area contributed by atoms with E-state index in [1.54, 1.807) is 18.7 Å². The summed E-state index contributed by atoms with van der Waals surface area (Å²) in [6, 6.07) is 5.80. The van der Waals surface area contributed by atoms with Gasteiger partial charge in [-0.05, 0) is 45.7 Å². The van der Waals surface area contributed by atoms with Gasteiger partial charge in [0.05, 0.1) is 5.69 Å². The second-order valence-corrected chi connectivity index (χ2v) is 6.11. The molecule has 5 heteroatoms. The maximum Gasteiger partial charge on any atom is 0.227 e. The summed E-state index contributed by atoms with van der Waals surface area (Å²) in [7, 11) is 0. The van der Waals surface area contributed by atoms with Gasteiger partial charge in [-0.2, -0.15) is 0 Å². The first-order valence-corrected chi connectivity index (χ1v) is 7.94. The molecule has 1 unspecified atom stereocenters. The maximum absolute atomic E-state index is 12.0. The van der Waals surface area contributed by atoms with Gasteiger partial charge in [0.1, 0.15) is 11.5 Å². The van der Waals surface area contributed by atoms with Crippen LogP contribution in [0, 0.1) is 0 Å². The predicted molar refractivity (Wildman–Crippen MR) is 86.9 cm³/mol. The van der Waals surface area contributed by atoms with Crippen molar-refractivity contribution >= 4 is 11.6 Å². The minimum atomic E-state index is -0.999. The first-order chi connectivity index (χ1) is 10.4. The Morgan fingerprint density at radius 2 is 2.09 bits per heavy atom. The third-order valence-electron chi connectivity index (χ3n) is 3.76. The summed E-state index contributed by atoms with van der Waals surface area (Å²) < 4.78 is 6.06. The molecule has 1 heterocycles. The summed E-state index contributed by atoms with van der Waals surface area (Å²) in [6.07, 6.45) is 1.65. The summed E-state index contributed by atoms with van der Waals surface area (Å²) in [5.41, 5.74) is 1.01. The van der Waals surface area contributed by atoms with E-state index in [2.05, 4.69) is 5.32 Å². The van der Waals surface area contributed by atoms with Crippen LogP contribution in [-0.2, 0) is 11.2 Å². The Morgan fingerprint density at radius 3 is 2.68 bits per heavy atom. The Balaban J connectivity index is 2.26. The zero-order chi connectivity index (χ0) is 16.3. The van der Waals surface area contributed by atoms with Crippen molar-refractivity contribution in [2.24, 2.45) is 0 Å². The third-order valence-corrected chi connectivity index (χ3v) is 3.76. The van der Waals surface area contributed by atoms with Crippen LogP contribution in [0.2, 0.25) is 0 Å². The second-order valence-electron chi connectivity index (χ2n) is 6.11. The lowest BCUT2D eigenvalue weighted by Crippen LogP contribution is -2.48. The summed E-state index contributed by atoms with van der Waals surface area (Å²) >= 11 is 0. The summed E-state index contributed by atoms with van der Waals surface area (Å²) in [6.45, 7) is 8.02. The van der Waals surface area contributed by atoms with Crippen LogP contribution < -0.4 is 15.0 Å². The van der Waals surface area contributed by atoms with E-state index in [9.17, 15) is 9.90 Å². The molecule has 0 spiro atoms. The van der Waals surface area contributed by atoms with Crippen molar-refractivity contribution in [1.82, 2.24) is 5.32 Å². The molecule has 2 N–H and O–H groups in total. The predicted octanol–water partition coefficient (Wildman–Crippen LogP) is 2.42. The first-order valence-electron chi connectivity index (χ1n) is 7.94. The molecular formula is C17H26N2O3. The molecule has 0 saturated heterocycles. The second kappa shape index (κ2) is 6.67. The van der Waals surface area contributed by atoms with Crippen LogP contribution in [0.4, 0.5) is 5.69 Å². The van der Waals surface area contributed by atoms with Gasteiger partial charge < -0.3 is 14.7 Å². The average Bonchev–Trinajstić information content (AvgIpc) is 2.45. The van der Waals surface area contributed by atoms with Gasteiger partial charge in [-0.3, -0.25) is 10.1 Å². The van der Waals surface area contributed by atoms with Crippen molar-refractivity contribution in [3.05, 3.63) is 23.8 Å². The Hall–Kier alpha value is -1.59. The number of benzene rings is 1. The number of hydrogen-bond acceptors (Lipinski definition) is 4. The van der Waals surface area contributed by atoms with Crippen molar-refractivity contribution in [2.45, 2.75) is 58.9 Å². The Kier molecular flexibility index (Phi) is 5.08. The lowest BCUT2D eigenvalue weighted by molar-refractivity contribution is -0.118. The zero-order valence-electron chi connectivity index (χ0n) is 13.8. The molecule has 1 aromatic carbocycles. The van der Waals surface area contributed by atoms with Crippen LogP contribution in [0.5, 0.6) is 5.75 Å². The van der Waals surface area contributed by atoms with Crippen molar-refractivity contribution in [3.8, 4) is 5.75 Å². The molecule has 0 saturated carbocycles. The summed E-state index contributed by atoms with van der Waals surface area (Å²) in [5.74, 6) is 0.945. The van der Waals surface area contributed by atoms with Gasteiger partial charge in [0.2, 0.25) is 5.91 Å². The molecule has 1 amide bonds. The summed E-state index contributed by atoms with van der Waals surface area (Å²) in [5, 5.41) is 13.0. The number of aliphatic hydroxyl groups is 1. The van der Waals surface area contributed by atoms with E-state index in [4.69, 9.17) is 4.74 Å². The molecule has 22 heavy (non-hydrogen) atoms. The summed E-state index contributed by atoms with van der Waals surface area (Å²) in [4.78, 5) is 13.8. The molecule has 1 aromatic rings. The highest BCUT2D eigenvalue weighted by atomic mass is 16.5. The largest absolute Gasteiger partial charge is 0.475 e.